The van der Waals surface area contributed by atoms with Gasteiger partial charge in [0.2, 0.25) is 0 Å². The van der Waals surface area contributed by atoms with Crippen molar-refractivity contribution < 1.29 is 0 Å². The van der Waals surface area contributed by atoms with Crippen molar-refractivity contribution in [3.05, 3.63) is 0 Å². The minimum atomic E-state index is 0.342. The Morgan fingerprint density at radius 3 is 2.47 bits per heavy atom. The van der Waals surface area contributed by atoms with Crippen molar-refractivity contribution in [2.24, 2.45) is 11.8 Å². The zero-order chi connectivity index (χ0) is 13.5. The average Bonchev–Trinajstić information content (AvgIpc) is 2.94. The monoisotopic (exact) mass is 265 g/mol. The van der Waals surface area contributed by atoms with Gasteiger partial charge in [-0.2, -0.15) is 0 Å². The van der Waals surface area contributed by atoms with Crippen LogP contribution in [0.1, 0.15) is 40.0 Å². The Morgan fingerprint density at radius 2 is 1.79 bits per heavy atom. The van der Waals surface area contributed by atoms with Crippen molar-refractivity contribution in [2.45, 2.75) is 51.6 Å². The van der Waals surface area contributed by atoms with Crippen LogP contribution in [0.2, 0.25) is 0 Å². The molecule has 3 aliphatic rings. The summed E-state index contributed by atoms with van der Waals surface area (Å²) >= 11 is 0. The van der Waals surface area contributed by atoms with Gasteiger partial charge in [-0.3, -0.25) is 9.80 Å². The quantitative estimate of drug-likeness (QED) is 0.821. The maximum atomic E-state index is 3.79. The average molecular weight is 265 g/mol. The zero-order valence-corrected chi connectivity index (χ0v) is 13.0. The van der Waals surface area contributed by atoms with E-state index in [4.69, 9.17) is 0 Å². The maximum Gasteiger partial charge on any atom is 0.0226 e. The fraction of sp³-hybridized carbons (Fsp3) is 1.00. The number of hydrogen-bond acceptors (Lipinski definition) is 3. The van der Waals surface area contributed by atoms with Crippen molar-refractivity contribution in [3.8, 4) is 0 Å². The van der Waals surface area contributed by atoms with Crippen molar-refractivity contribution in [1.82, 2.24) is 15.1 Å². The molecule has 110 valence electrons. The van der Waals surface area contributed by atoms with Gasteiger partial charge in [-0.1, -0.05) is 6.42 Å². The molecule has 19 heavy (non-hydrogen) atoms. The lowest BCUT2D eigenvalue weighted by Crippen LogP contribution is -2.55. The van der Waals surface area contributed by atoms with E-state index in [1.54, 1.807) is 0 Å². The lowest BCUT2D eigenvalue weighted by molar-refractivity contribution is 0.0565. The molecule has 2 aliphatic heterocycles. The van der Waals surface area contributed by atoms with Crippen LogP contribution in [0, 0.1) is 11.8 Å². The zero-order valence-electron chi connectivity index (χ0n) is 13.0. The van der Waals surface area contributed by atoms with Gasteiger partial charge < -0.3 is 5.32 Å². The Hall–Kier alpha value is -0.120. The van der Waals surface area contributed by atoms with Crippen LogP contribution in [0.25, 0.3) is 0 Å². The molecule has 3 atom stereocenters. The summed E-state index contributed by atoms with van der Waals surface area (Å²) in [5.41, 5.74) is 0.342. The van der Waals surface area contributed by atoms with Crippen LogP contribution in [0.5, 0.6) is 0 Å². The molecule has 0 aromatic carbocycles. The normalized spacial score (nSPS) is 37.7. The molecule has 2 heterocycles. The van der Waals surface area contributed by atoms with Crippen molar-refractivity contribution in [1.29, 1.82) is 0 Å². The maximum absolute atomic E-state index is 3.79. The van der Waals surface area contributed by atoms with E-state index >= 15 is 0 Å². The Kier molecular flexibility index (Phi) is 3.89. The third-order valence-corrected chi connectivity index (χ3v) is 5.65. The summed E-state index contributed by atoms with van der Waals surface area (Å²) in [5.74, 6) is 1.99. The van der Waals surface area contributed by atoms with E-state index in [2.05, 4.69) is 35.9 Å². The summed E-state index contributed by atoms with van der Waals surface area (Å²) in [6.07, 6.45) is 4.43. The Bertz CT molecular complexity index is 302. The standard InChI is InChI=1S/C16H31N3/c1-16(2,3)19-9-7-18(8-10-19)12-15-14-6-4-5-13(14)11-17-15/h13-15,17H,4-12H2,1-3H3. The predicted molar refractivity (Wildman–Crippen MR) is 80.4 cm³/mol. The van der Waals surface area contributed by atoms with E-state index in [0.29, 0.717) is 5.54 Å². The first kappa shape index (κ1) is 13.8. The molecule has 0 amide bonds. The molecule has 0 aromatic heterocycles. The third-order valence-electron chi connectivity index (χ3n) is 5.65. The summed E-state index contributed by atoms with van der Waals surface area (Å²) in [6, 6.07) is 0.786. The van der Waals surface area contributed by atoms with Crippen LogP contribution < -0.4 is 5.32 Å². The molecular weight excluding hydrogens is 234 g/mol. The molecule has 3 nitrogen and oxygen atoms in total. The molecule has 0 spiro atoms. The van der Waals surface area contributed by atoms with Gasteiger partial charge in [-0.25, -0.2) is 0 Å². The first-order chi connectivity index (χ1) is 9.04. The van der Waals surface area contributed by atoms with Gasteiger partial charge in [0.25, 0.3) is 0 Å². The van der Waals surface area contributed by atoms with Crippen LogP contribution in [0.3, 0.4) is 0 Å². The van der Waals surface area contributed by atoms with Crippen molar-refractivity contribution in [2.75, 3.05) is 39.3 Å². The number of nitrogens with one attached hydrogen (secondary N) is 1. The van der Waals surface area contributed by atoms with Gasteiger partial charge >= 0.3 is 0 Å². The van der Waals surface area contributed by atoms with Crippen LogP contribution >= 0.6 is 0 Å². The summed E-state index contributed by atoms with van der Waals surface area (Å²) in [5, 5.41) is 3.79. The topological polar surface area (TPSA) is 18.5 Å². The Morgan fingerprint density at radius 1 is 1.05 bits per heavy atom. The van der Waals surface area contributed by atoms with Gasteiger partial charge in [0.1, 0.15) is 0 Å². The van der Waals surface area contributed by atoms with Gasteiger partial charge in [0.05, 0.1) is 0 Å². The second kappa shape index (κ2) is 5.34. The highest BCUT2D eigenvalue weighted by atomic mass is 15.3. The van der Waals surface area contributed by atoms with Crippen LogP contribution in [-0.4, -0.2) is 60.6 Å². The fourth-order valence-electron chi connectivity index (χ4n) is 4.38. The Labute approximate surface area is 118 Å². The summed E-state index contributed by atoms with van der Waals surface area (Å²) in [7, 11) is 0. The van der Waals surface area contributed by atoms with Gasteiger partial charge in [-0.05, 0) is 52.0 Å². The SMILES string of the molecule is CC(C)(C)N1CCN(CC2NCC3CCCC32)CC1. The second-order valence-corrected chi connectivity index (χ2v) is 7.83. The van der Waals surface area contributed by atoms with Gasteiger partial charge in [-0.15, -0.1) is 0 Å². The first-order valence-corrected chi connectivity index (χ1v) is 8.25. The van der Waals surface area contributed by atoms with Gasteiger partial charge in [0.15, 0.2) is 0 Å². The molecule has 3 heteroatoms. The Balaban J connectivity index is 1.47. The largest absolute Gasteiger partial charge is 0.312 e. The molecule has 0 radical (unpaired) electrons. The van der Waals surface area contributed by atoms with E-state index in [0.717, 1.165) is 17.9 Å². The molecule has 3 fully saturated rings. The van der Waals surface area contributed by atoms with E-state index in [1.807, 2.05) is 0 Å². The molecule has 3 unspecified atom stereocenters. The number of rotatable bonds is 2. The summed E-state index contributed by atoms with van der Waals surface area (Å²) < 4.78 is 0. The number of fused-ring (bicyclic) bond motifs is 1. The van der Waals surface area contributed by atoms with Crippen LogP contribution in [0.15, 0.2) is 0 Å². The minimum absolute atomic E-state index is 0.342. The summed E-state index contributed by atoms with van der Waals surface area (Å²) in [4.78, 5) is 5.32. The van der Waals surface area contributed by atoms with Crippen LogP contribution in [-0.2, 0) is 0 Å². The van der Waals surface area contributed by atoms with E-state index in [1.165, 1.54) is 58.5 Å². The molecule has 1 N–H and O–H groups in total. The molecular formula is C16H31N3. The molecule has 1 aliphatic carbocycles. The highest BCUT2D eigenvalue weighted by molar-refractivity contribution is 4.96. The van der Waals surface area contributed by atoms with Crippen molar-refractivity contribution >= 4 is 0 Å². The van der Waals surface area contributed by atoms with Gasteiger partial charge in [0, 0.05) is 44.3 Å². The summed E-state index contributed by atoms with van der Waals surface area (Å²) in [6.45, 7) is 14.6. The highest BCUT2D eigenvalue weighted by Gasteiger charge is 2.39. The van der Waals surface area contributed by atoms with E-state index in [9.17, 15) is 0 Å². The molecule has 0 bridgehead atoms. The second-order valence-electron chi connectivity index (χ2n) is 7.83. The molecule has 2 saturated heterocycles. The predicted octanol–water partition coefficient (Wildman–Crippen LogP) is 1.79. The van der Waals surface area contributed by atoms with Crippen LogP contribution in [0.4, 0.5) is 0 Å². The van der Waals surface area contributed by atoms with E-state index in [-0.39, 0.29) is 0 Å². The first-order valence-electron chi connectivity index (χ1n) is 8.25. The smallest absolute Gasteiger partial charge is 0.0226 e. The minimum Gasteiger partial charge on any atom is -0.312 e. The molecule has 3 rings (SSSR count). The molecule has 0 aromatic rings. The van der Waals surface area contributed by atoms with E-state index < -0.39 is 0 Å². The highest BCUT2D eigenvalue weighted by Crippen LogP contribution is 2.37. The molecule has 1 saturated carbocycles. The third kappa shape index (κ3) is 2.98. The lowest BCUT2D eigenvalue weighted by Gasteiger charge is -2.43. The number of hydrogen-bond donors (Lipinski definition) is 1. The number of piperazine rings is 1. The number of nitrogens with zero attached hydrogens (tertiary/aromatic N) is 2. The lowest BCUT2D eigenvalue weighted by atomic mass is 9.93. The van der Waals surface area contributed by atoms with Crippen molar-refractivity contribution in [3.63, 3.8) is 0 Å². The fourth-order valence-corrected chi connectivity index (χ4v) is 4.38.